The zero-order valence-corrected chi connectivity index (χ0v) is 8.13. The summed E-state index contributed by atoms with van der Waals surface area (Å²) in [6.07, 6.45) is 0.842. The van der Waals surface area contributed by atoms with Gasteiger partial charge in [-0.25, -0.2) is 0 Å². The number of carbonyl (C=O) groups is 1. The zero-order chi connectivity index (χ0) is 9.90. The minimum Gasteiger partial charge on any atom is -0.359 e. The second kappa shape index (κ2) is 3.75. The van der Waals surface area contributed by atoms with Gasteiger partial charge in [-0.05, 0) is 13.3 Å². The first-order chi connectivity index (χ1) is 6.12. The molecule has 0 aromatic heterocycles. The van der Waals surface area contributed by atoms with Crippen LogP contribution in [-0.2, 0) is 4.79 Å². The number of amides is 1. The summed E-state index contributed by atoms with van der Waals surface area (Å²) in [4.78, 5) is 13.5. The fraction of sp³-hybridized carbons (Fsp3) is 0.778. The van der Waals surface area contributed by atoms with Crippen molar-refractivity contribution in [3.8, 4) is 6.07 Å². The van der Waals surface area contributed by atoms with Crippen LogP contribution in [0.4, 0.5) is 0 Å². The van der Waals surface area contributed by atoms with Gasteiger partial charge in [0.25, 0.3) is 0 Å². The summed E-state index contributed by atoms with van der Waals surface area (Å²) in [6, 6.07) is 2.10. The Hall–Kier alpha value is -1.08. The van der Waals surface area contributed by atoms with E-state index in [1.807, 2.05) is 11.8 Å². The quantitative estimate of drug-likeness (QED) is 0.608. The topological polar surface area (TPSA) is 56.1 Å². The van der Waals surface area contributed by atoms with Crippen molar-refractivity contribution in [2.24, 2.45) is 5.41 Å². The van der Waals surface area contributed by atoms with E-state index >= 15 is 0 Å². The van der Waals surface area contributed by atoms with Crippen molar-refractivity contribution in [2.45, 2.75) is 13.3 Å². The van der Waals surface area contributed by atoms with E-state index in [1.165, 1.54) is 0 Å². The van der Waals surface area contributed by atoms with Crippen LogP contribution in [-0.4, -0.2) is 37.5 Å². The predicted octanol–water partition coefficient (Wildman–Crippen LogP) is -0.0320. The molecule has 0 aromatic rings. The van der Waals surface area contributed by atoms with E-state index in [4.69, 9.17) is 5.26 Å². The smallest absolute Gasteiger partial charge is 0.227 e. The molecule has 1 unspecified atom stereocenters. The molecule has 0 aromatic carbocycles. The maximum absolute atomic E-state index is 11.5. The fourth-order valence-corrected chi connectivity index (χ4v) is 1.78. The van der Waals surface area contributed by atoms with Crippen LogP contribution in [0.1, 0.15) is 13.3 Å². The van der Waals surface area contributed by atoms with E-state index in [2.05, 4.69) is 11.4 Å². The van der Waals surface area contributed by atoms with E-state index in [0.29, 0.717) is 13.1 Å². The van der Waals surface area contributed by atoms with E-state index in [9.17, 15) is 4.79 Å². The summed E-state index contributed by atoms with van der Waals surface area (Å²) < 4.78 is 0. The molecule has 1 aliphatic rings. The molecule has 0 saturated carbocycles. The Morgan fingerprint density at radius 1 is 1.77 bits per heavy atom. The van der Waals surface area contributed by atoms with E-state index in [1.54, 1.807) is 7.05 Å². The summed E-state index contributed by atoms with van der Waals surface area (Å²) in [6.45, 7) is 3.91. The molecule has 1 fully saturated rings. The number of hydrogen-bond donors (Lipinski definition) is 1. The highest BCUT2D eigenvalue weighted by atomic mass is 16.2. The highest BCUT2D eigenvalue weighted by Gasteiger charge is 2.39. The first-order valence-electron chi connectivity index (χ1n) is 4.44. The third-order valence-corrected chi connectivity index (χ3v) is 2.62. The van der Waals surface area contributed by atoms with Gasteiger partial charge in [-0.2, -0.15) is 5.26 Å². The van der Waals surface area contributed by atoms with Gasteiger partial charge in [0, 0.05) is 20.1 Å². The van der Waals surface area contributed by atoms with E-state index in [0.717, 1.165) is 13.0 Å². The number of rotatable bonds is 2. The van der Waals surface area contributed by atoms with Gasteiger partial charge in [-0.15, -0.1) is 0 Å². The SMILES string of the molecule is CNC(=O)C1(C)CCN(CC#N)C1. The van der Waals surface area contributed by atoms with Crippen molar-refractivity contribution in [1.29, 1.82) is 5.26 Å². The van der Waals surface area contributed by atoms with Gasteiger partial charge in [0.1, 0.15) is 0 Å². The molecule has 0 spiro atoms. The van der Waals surface area contributed by atoms with Gasteiger partial charge in [-0.1, -0.05) is 0 Å². The molecule has 72 valence electrons. The summed E-state index contributed by atoms with van der Waals surface area (Å²) >= 11 is 0. The molecule has 1 heterocycles. The molecule has 1 N–H and O–H groups in total. The third-order valence-electron chi connectivity index (χ3n) is 2.62. The first kappa shape index (κ1) is 10.0. The van der Waals surface area contributed by atoms with Crippen LogP contribution in [0.15, 0.2) is 0 Å². The second-order valence-electron chi connectivity index (χ2n) is 3.76. The van der Waals surface area contributed by atoms with Gasteiger partial charge in [0.05, 0.1) is 18.0 Å². The minimum atomic E-state index is -0.300. The largest absolute Gasteiger partial charge is 0.359 e. The number of nitriles is 1. The highest BCUT2D eigenvalue weighted by molar-refractivity contribution is 5.82. The summed E-state index contributed by atoms with van der Waals surface area (Å²) in [7, 11) is 1.65. The lowest BCUT2D eigenvalue weighted by Gasteiger charge is -2.21. The van der Waals surface area contributed by atoms with Gasteiger partial charge in [0.2, 0.25) is 5.91 Å². The number of nitrogens with one attached hydrogen (secondary N) is 1. The third kappa shape index (κ3) is 1.99. The monoisotopic (exact) mass is 181 g/mol. The molecule has 4 heteroatoms. The molecule has 1 rings (SSSR count). The Morgan fingerprint density at radius 2 is 2.46 bits per heavy atom. The van der Waals surface area contributed by atoms with Crippen molar-refractivity contribution in [3.63, 3.8) is 0 Å². The van der Waals surface area contributed by atoms with Crippen molar-refractivity contribution >= 4 is 5.91 Å². The van der Waals surface area contributed by atoms with Gasteiger partial charge < -0.3 is 5.32 Å². The Morgan fingerprint density at radius 3 is 3.00 bits per heavy atom. The van der Waals surface area contributed by atoms with Crippen LogP contribution in [0.5, 0.6) is 0 Å². The average molecular weight is 181 g/mol. The highest BCUT2D eigenvalue weighted by Crippen LogP contribution is 2.29. The van der Waals surface area contributed by atoms with Crippen LogP contribution >= 0.6 is 0 Å². The molecule has 1 aliphatic heterocycles. The number of carbonyl (C=O) groups excluding carboxylic acids is 1. The van der Waals surface area contributed by atoms with Gasteiger partial charge in [-0.3, -0.25) is 9.69 Å². The van der Waals surface area contributed by atoms with Crippen molar-refractivity contribution in [3.05, 3.63) is 0 Å². The van der Waals surface area contributed by atoms with Crippen molar-refractivity contribution in [2.75, 3.05) is 26.7 Å². The average Bonchev–Trinajstić information content (AvgIpc) is 2.48. The number of hydrogen-bond acceptors (Lipinski definition) is 3. The Kier molecular flexibility index (Phi) is 2.89. The van der Waals surface area contributed by atoms with E-state index in [-0.39, 0.29) is 11.3 Å². The first-order valence-corrected chi connectivity index (χ1v) is 4.44. The maximum atomic E-state index is 11.5. The fourth-order valence-electron chi connectivity index (χ4n) is 1.78. The molecule has 0 radical (unpaired) electrons. The zero-order valence-electron chi connectivity index (χ0n) is 8.13. The molecule has 0 aliphatic carbocycles. The van der Waals surface area contributed by atoms with Crippen molar-refractivity contribution < 1.29 is 4.79 Å². The molecular formula is C9H15N3O. The molecular weight excluding hydrogens is 166 g/mol. The van der Waals surface area contributed by atoms with Gasteiger partial charge >= 0.3 is 0 Å². The second-order valence-corrected chi connectivity index (χ2v) is 3.76. The number of nitrogens with zero attached hydrogens (tertiary/aromatic N) is 2. The van der Waals surface area contributed by atoms with Gasteiger partial charge in [0.15, 0.2) is 0 Å². The standard InChI is InChI=1S/C9H15N3O/c1-9(8(13)11-2)3-5-12(7-9)6-4-10/h3,5-7H2,1-2H3,(H,11,13). The molecule has 13 heavy (non-hydrogen) atoms. The van der Waals surface area contributed by atoms with E-state index < -0.39 is 0 Å². The normalized spacial score (nSPS) is 28.4. The van der Waals surface area contributed by atoms with Crippen LogP contribution in [0.3, 0.4) is 0 Å². The predicted molar refractivity (Wildman–Crippen MR) is 48.8 cm³/mol. The van der Waals surface area contributed by atoms with Crippen LogP contribution < -0.4 is 5.32 Å². The lowest BCUT2D eigenvalue weighted by Crippen LogP contribution is -2.39. The van der Waals surface area contributed by atoms with Crippen LogP contribution in [0, 0.1) is 16.7 Å². The molecule has 0 bridgehead atoms. The lowest BCUT2D eigenvalue weighted by atomic mass is 9.89. The molecule has 1 saturated heterocycles. The Balaban J connectivity index is 2.57. The molecule has 4 nitrogen and oxygen atoms in total. The Labute approximate surface area is 78.5 Å². The van der Waals surface area contributed by atoms with Crippen LogP contribution in [0.2, 0.25) is 0 Å². The summed E-state index contributed by atoms with van der Waals surface area (Å²) in [5.74, 6) is 0.0768. The Bertz CT molecular complexity index is 246. The molecule has 1 atom stereocenters. The molecule has 1 amide bonds. The number of likely N-dealkylation sites (tertiary alicyclic amines) is 1. The lowest BCUT2D eigenvalue weighted by molar-refractivity contribution is -0.129. The maximum Gasteiger partial charge on any atom is 0.227 e. The summed E-state index contributed by atoms with van der Waals surface area (Å²) in [5, 5.41) is 11.2. The van der Waals surface area contributed by atoms with Crippen LogP contribution in [0.25, 0.3) is 0 Å². The van der Waals surface area contributed by atoms with Crippen molar-refractivity contribution in [1.82, 2.24) is 10.2 Å². The minimum absolute atomic E-state index is 0.0768. The summed E-state index contributed by atoms with van der Waals surface area (Å²) in [5.41, 5.74) is -0.300.